The third-order valence-corrected chi connectivity index (χ3v) is 3.85. The highest BCUT2D eigenvalue weighted by Gasteiger charge is 2.19. The Hall–Kier alpha value is -2.50. The molecule has 1 atom stereocenters. The van der Waals surface area contributed by atoms with Gasteiger partial charge in [0.05, 0.1) is 0 Å². The van der Waals surface area contributed by atoms with Crippen LogP contribution >= 0.6 is 0 Å². The number of hydrogen-bond donors (Lipinski definition) is 2. The molecule has 2 aromatic rings. The van der Waals surface area contributed by atoms with Gasteiger partial charge >= 0.3 is 5.97 Å². The first-order chi connectivity index (χ1) is 11.5. The number of carbonyl (C=O) groups excluding carboxylic acids is 1. The summed E-state index contributed by atoms with van der Waals surface area (Å²) in [6.45, 7) is 4.03. The highest BCUT2D eigenvalue weighted by molar-refractivity contribution is 5.91. The Morgan fingerprint density at radius 1 is 1.21 bits per heavy atom. The summed E-state index contributed by atoms with van der Waals surface area (Å²) in [4.78, 5) is 24.3. The topological polar surface area (TPSA) is 97.0 Å². The van der Waals surface area contributed by atoms with Crippen LogP contribution < -0.4 is 5.43 Å². The molecule has 0 saturated carbocycles. The molecule has 0 fully saturated rings. The number of phenolic OH excluding ortho intramolecular Hbond substituents is 2. The van der Waals surface area contributed by atoms with Crippen molar-refractivity contribution < 1.29 is 24.2 Å². The molecule has 1 aromatic heterocycles. The van der Waals surface area contributed by atoms with Crippen molar-refractivity contribution in [3.05, 3.63) is 34.2 Å². The van der Waals surface area contributed by atoms with E-state index in [9.17, 15) is 19.8 Å². The number of esters is 1. The molecule has 24 heavy (non-hydrogen) atoms. The minimum atomic E-state index is -0.722. The Morgan fingerprint density at radius 2 is 1.96 bits per heavy atom. The van der Waals surface area contributed by atoms with E-state index in [4.69, 9.17) is 9.15 Å². The van der Waals surface area contributed by atoms with Gasteiger partial charge in [-0.3, -0.25) is 4.79 Å². The number of unbranched alkanes of at least 4 members (excludes halogenated alkanes) is 2. The van der Waals surface area contributed by atoms with E-state index in [1.54, 1.807) is 0 Å². The Labute approximate surface area is 139 Å². The molecule has 0 bridgehead atoms. The number of aromatic hydroxyl groups is 2. The molecule has 6 heteroatoms. The highest BCUT2D eigenvalue weighted by Crippen LogP contribution is 2.28. The van der Waals surface area contributed by atoms with Gasteiger partial charge in [-0.05, 0) is 19.3 Å². The second-order valence-corrected chi connectivity index (χ2v) is 5.74. The molecule has 0 spiro atoms. The van der Waals surface area contributed by atoms with E-state index in [0.29, 0.717) is 6.42 Å². The third-order valence-electron chi connectivity index (χ3n) is 3.85. The van der Waals surface area contributed by atoms with Gasteiger partial charge in [-0.2, -0.15) is 0 Å². The molecule has 0 aliphatic heterocycles. The number of fused-ring (bicyclic) bond motifs is 1. The van der Waals surface area contributed by atoms with Crippen LogP contribution in [-0.4, -0.2) is 22.3 Å². The zero-order valence-electron chi connectivity index (χ0n) is 13.9. The molecular weight excluding hydrogens is 312 g/mol. The maximum atomic E-state index is 12.2. The van der Waals surface area contributed by atoms with Crippen LogP contribution in [0.2, 0.25) is 0 Å². The van der Waals surface area contributed by atoms with Crippen LogP contribution in [0.4, 0.5) is 0 Å². The predicted molar refractivity (Wildman–Crippen MR) is 89.5 cm³/mol. The summed E-state index contributed by atoms with van der Waals surface area (Å²) < 4.78 is 10.7. The van der Waals surface area contributed by atoms with Crippen LogP contribution in [0.25, 0.3) is 11.0 Å². The van der Waals surface area contributed by atoms with Crippen molar-refractivity contribution >= 4 is 16.9 Å². The zero-order valence-corrected chi connectivity index (χ0v) is 13.9. The van der Waals surface area contributed by atoms with Crippen molar-refractivity contribution in [3.63, 3.8) is 0 Å². The van der Waals surface area contributed by atoms with Crippen LogP contribution in [0.15, 0.2) is 27.4 Å². The molecule has 6 nitrogen and oxygen atoms in total. The van der Waals surface area contributed by atoms with Crippen LogP contribution in [-0.2, 0) is 4.74 Å². The van der Waals surface area contributed by atoms with E-state index in [1.165, 1.54) is 6.07 Å². The lowest BCUT2D eigenvalue weighted by molar-refractivity contribution is 0.0232. The molecule has 130 valence electrons. The van der Waals surface area contributed by atoms with Gasteiger partial charge in [-0.25, -0.2) is 4.79 Å². The van der Waals surface area contributed by atoms with Crippen molar-refractivity contribution in [2.24, 2.45) is 0 Å². The molecule has 0 amide bonds. The summed E-state index contributed by atoms with van der Waals surface area (Å²) in [5.74, 6) is -1.63. The summed E-state index contributed by atoms with van der Waals surface area (Å²) in [6, 6.07) is 3.21. The van der Waals surface area contributed by atoms with Crippen molar-refractivity contribution in [2.45, 2.75) is 52.1 Å². The minimum Gasteiger partial charge on any atom is -0.508 e. The Morgan fingerprint density at radius 3 is 2.62 bits per heavy atom. The number of hydrogen-bond acceptors (Lipinski definition) is 6. The van der Waals surface area contributed by atoms with Gasteiger partial charge in [-0.15, -0.1) is 0 Å². The largest absolute Gasteiger partial charge is 0.508 e. The molecule has 2 N–H and O–H groups in total. The number of carbonyl (C=O) groups is 1. The molecule has 0 aliphatic carbocycles. The second-order valence-electron chi connectivity index (χ2n) is 5.74. The van der Waals surface area contributed by atoms with Crippen LogP contribution in [0, 0.1) is 0 Å². The molecule has 2 rings (SSSR count). The van der Waals surface area contributed by atoms with Crippen LogP contribution in [0.1, 0.15) is 56.5 Å². The van der Waals surface area contributed by atoms with E-state index in [1.807, 2.05) is 6.92 Å². The first-order valence-electron chi connectivity index (χ1n) is 8.17. The first-order valence-corrected chi connectivity index (χ1v) is 8.17. The standard InChI is InChI=1S/C18H22O6/c1-3-5-6-7-12(4-2)23-18(22)16-10-14(21)17-13(20)8-11(19)9-15(17)24-16/h8-10,12,19-20H,3-7H2,1-2H3. The minimum absolute atomic E-state index is 0.0639. The first kappa shape index (κ1) is 17.8. The Kier molecular flexibility index (Phi) is 5.84. The molecule has 1 heterocycles. The van der Waals surface area contributed by atoms with Crippen molar-refractivity contribution in [2.75, 3.05) is 0 Å². The molecule has 1 unspecified atom stereocenters. The summed E-state index contributed by atoms with van der Waals surface area (Å²) in [5.41, 5.74) is -0.634. The van der Waals surface area contributed by atoms with E-state index in [2.05, 4.69) is 6.92 Å². The maximum Gasteiger partial charge on any atom is 0.374 e. The average Bonchev–Trinajstić information content (AvgIpc) is 2.52. The smallest absolute Gasteiger partial charge is 0.374 e. The van der Waals surface area contributed by atoms with Crippen molar-refractivity contribution in [1.82, 2.24) is 0 Å². The highest BCUT2D eigenvalue weighted by atomic mass is 16.6. The number of benzene rings is 1. The van der Waals surface area contributed by atoms with Gasteiger partial charge in [0.25, 0.3) is 0 Å². The lowest BCUT2D eigenvalue weighted by Crippen LogP contribution is -2.19. The Bertz CT molecular complexity index is 777. The third kappa shape index (κ3) is 4.07. The molecule has 0 saturated heterocycles. The van der Waals surface area contributed by atoms with Crippen molar-refractivity contribution in [3.8, 4) is 11.5 Å². The van der Waals surface area contributed by atoms with Gasteiger partial charge in [-0.1, -0.05) is 26.7 Å². The predicted octanol–water partition coefficient (Wildman–Crippen LogP) is 3.72. The fraction of sp³-hybridized carbons (Fsp3) is 0.444. The normalized spacial score (nSPS) is 12.2. The van der Waals surface area contributed by atoms with E-state index in [0.717, 1.165) is 37.8 Å². The molecule has 0 aliphatic rings. The summed E-state index contributed by atoms with van der Waals surface area (Å²) in [6.07, 6.45) is 4.31. The number of phenols is 2. The van der Waals surface area contributed by atoms with Gasteiger partial charge < -0.3 is 19.4 Å². The van der Waals surface area contributed by atoms with Crippen molar-refractivity contribution in [1.29, 1.82) is 0 Å². The lowest BCUT2D eigenvalue weighted by Gasteiger charge is -2.15. The average molecular weight is 334 g/mol. The molecule has 0 radical (unpaired) electrons. The molecular formula is C18H22O6. The molecule has 1 aromatic carbocycles. The zero-order chi connectivity index (χ0) is 17.7. The van der Waals surface area contributed by atoms with E-state index in [-0.39, 0.29) is 28.6 Å². The fourth-order valence-corrected chi connectivity index (χ4v) is 2.53. The van der Waals surface area contributed by atoms with Gasteiger partial charge in [0.2, 0.25) is 5.76 Å². The van der Waals surface area contributed by atoms with Crippen LogP contribution in [0.3, 0.4) is 0 Å². The van der Waals surface area contributed by atoms with E-state index >= 15 is 0 Å². The fourth-order valence-electron chi connectivity index (χ4n) is 2.53. The van der Waals surface area contributed by atoms with Crippen LogP contribution in [0.5, 0.6) is 11.5 Å². The summed E-state index contributed by atoms with van der Waals surface area (Å²) >= 11 is 0. The maximum absolute atomic E-state index is 12.2. The summed E-state index contributed by atoms with van der Waals surface area (Å²) in [5, 5.41) is 19.1. The van der Waals surface area contributed by atoms with E-state index < -0.39 is 17.1 Å². The van der Waals surface area contributed by atoms with Gasteiger partial charge in [0, 0.05) is 18.2 Å². The summed E-state index contributed by atoms with van der Waals surface area (Å²) in [7, 11) is 0. The lowest BCUT2D eigenvalue weighted by atomic mass is 10.1. The number of ether oxygens (including phenoxy) is 1. The number of rotatable bonds is 7. The second kappa shape index (κ2) is 7.86. The van der Waals surface area contributed by atoms with Gasteiger partial charge in [0.15, 0.2) is 5.43 Å². The van der Waals surface area contributed by atoms with Gasteiger partial charge in [0.1, 0.15) is 28.6 Å². The monoisotopic (exact) mass is 334 g/mol. The quantitative estimate of drug-likeness (QED) is 0.591. The Balaban J connectivity index is 2.25. The SMILES string of the molecule is CCCCCC(CC)OC(=O)c1cc(=O)c2c(O)cc(O)cc2o1.